The quantitative estimate of drug-likeness (QED) is 0.430. The maximum atomic E-state index is 15.2. The summed E-state index contributed by atoms with van der Waals surface area (Å²) in [6, 6.07) is 11.0. The smallest absolute Gasteiger partial charge is 0.221 e. The van der Waals surface area contributed by atoms with Gasteiger partial charge >= 0.3 is 0 Å². The molecule has 2 fully saturated rings. The molecule has 0 spiro atoms. The van der Waals surface area contributed by atoms with Crippen molar-refractivity contribution in [1.29, 1.82) is 10.8 Å². The number of hydrogen-bond acceptors (Lipinski definition) is 5. The minimum absolute atomic E-state index is 0.0169. The third-order valence-corrected chi connectivity index (χ3v) is 9.53. The molecule has 4 rings (SSSR count). The van der Waals surface area contributed by atoms with Crippen LogP contribution in [-0.2, 0) is 16.6 Å². The number of nitrogens with one attached hydrogen (secondary N) is 2. The molecule has 2 aliphatic heterocycles. The Hall–Kier alpha value is -2.85. The highest BCUT2D eigenvalue weighted by Gasteiger charge is 2.40. The van der Waals surface area contributed by atoms with Crippen LogP contribution >= 0.6 is 0 Å². The predicted octanol–water partition coefficient (Wildman–Crippen LogP) is 4.51. The molecule has 0 aromatic heterocycles. The van der Waals surface area contributed by atoms with Crippen LogP contribution in [0.15, 0.2) is 42.5 Å². The van der Waals surface area contributed by atoms with E-state index in [1.807, 2.05) is 6.07 Å². The van der Waals surface area contributed by atoms with Crippen LogP contribution in [0.1, 0.15) is 49.0 Å². The van der Waals surface area contributed by atoms with Crippen molar-refractivity contribution in [2.24, 2.45) is 0 Å². The fourth-order valence-electron chi connectivity index (χ4n) is 5.11. The van der Waals surface area contributed by atoms with Crippen molar-refractivity contribution in [2.75, 3.05) is 18.0 Å². The van der Waals surface area contributed by atoms with Gasteiger partial charge in [-0.1, -0.05) is 30.3 Å². The lowest BCUT2D eigenvalue weighted by molar-refractivity contribution is 0.278. The lowest BCUT2D eigenvalue weighted by Crippen LogP contribution is -2.45. The third kappa shape index (κ3) is 5.08. The molecule has 2 atom stereocenters. The molecular weight excluding hydrogens is 472 g/mol. The van der Waals surface area contributed by atoms with Crippen LogP contribution in [0.4, 0.5) is 14.5 Å². The van der Waals surface area contributed by atoms with Gasteiger partial charge in [0, 0.05) is 43.3 Å². The van der Waals surface area contributed by atoms with E-state index in [0.29, 0.717) is 44.3 Å². The molecule has 2 aliphatic rings. The van der Waals surface area contributed by atoms with Crippen molar-refractivity contribution in [3.8, 4) is 0 Å². The van der Waals surface area contributed by atoms with Gasteiger partial charge < -0.3 is 9.80 Å². The molecule has 0 saturated carbocycles. The van der Waals surface area contributed by atoms with Gasteiger partial charge in [-0.25, -0.2) is 17.2 Å². The predicted molar refractivity (Wildman–Crippen MR) is 133 cm³/mol. The van der Waals surface area contributed by atoms with Crippen LogP contribution in [-0.4, -0.2) is 55.5 Å². The molecular formula is C25H31F2N5O2S. The second-order valence-corrected chi connectivity index (χ2v) is 11.3. The minimum atomic E-state index is -3.75. The Bertz CT molecular complexity index is 1160. The van der Waals surface area contributed by atoms with Gasteiger partial charge in [0.2, 0.25) is 10.0 Å². The molecule has 2 saturated heterocycles. The van der Waals surface area contributed by atoms with Gasteiger partial charge in [0.15, 0.2) is 0 Å². The first kappa shape index (κ1) is 25.2. The number of rotatable bonds is 7. The van der Waals surface area contributed by atoms with E-state index in [0.717, 1.165) is 24.8 Å². The molecule has 2 aromatic carbocycles. The molecule has 0 amide bonds. The zero-order valence-corrected chi connectivity index (χ0v) is 20.5. The summed E-state index contributed by atoms with van der Waals surface area (Å²) in [6.45, 7) is 2.52. The summed E-state index contributed by atoms with van der Waals surface area (Å²) >= 11 is 0. The zero-order chi connectivity index (χ0) is 25.2. The standard InChI is InChI=1S/C25H31F2N5O2S/c1-18-7-8-25(19-5-3-2-4-6-19)35(33,34)32(18)15-20-13-23(27)24(14-22(20)26)30-11-9-21(10-12-30)31(16-28)17-29/h2-6,13-14,16-18,21,25,28-29H,7-12,15H2,1H3/t18-,25+/m0/s1. The molecule has 35 heavy (non-hydrogen) atoms. The Morgan fingerprint density at radius 2 is 1.66 bits per heavy atom. The average molecular weight is 504 g/mol. The molecule has 0 radical (unpaired) electrons. The van der Waals surface area contributed by atoms with Crippen molar-refractivity contribution < 1.29 is 17.2 Å². The van der Waals surface area contributed by atoms with Crippen molar-refractivity contribution in [2.45, 2.75) is 56.5 Å². The molecule has 0 bridgehead atoms. The van der Waals surface area contributed by atoms with Gasteiger partial charge in [0.05, 0.1) is 18.4 Å². The van der Waals surface area contributed by atoms with E-state index < -0.39 is 26.9 Å². The molecule has 0 unspecified atom stereocenters. The van der Waals surface area contributed by atoms with Gasteiger partial charge in [-0.2, -0.15) is 4.31 Å². The third-order valence-electron chi connectivity index (χ3n) is 7.16. The second kappa shape index (κ2) is 10.4. The number of nitrogens with zero attached hydrogens (tertiary/aromatic N) is 3. The van der Waals surface area contributed by atoms with Crippen LogP contribution in [0.3, 0.4) is 0 Å². The van der Waals surface area contributed by atoms with Crippen molar-refractivity contribution in [1.82, 2.24) is 9.21 Å². The maximum Gasteiger partial charge on any atom is 0.221 e. The second-order valence-electron chi connectivity index (χ2n) is 9.23. The number of sulfonamides is 1. The highest BCUT2D eigenvalue weighted by atomic mass is 32.2. The monoisotopic (exact) mass is 503 g/mol. The summed E-state index contributed by atoms with van der Waals surface area (Å²) < 4.78 is 58.5. The summed E-state index contributed by atoms with van der Waals surface area (Å²) in [5.41, 5.74) is 0.876. The highest BCUT2D eigenvalue weighted by molar-refractivity contribution is 7.89. The maximum absolute atomic E-state index is 15.2. The van der Waals surface area contributed by atoms with Gasteiger partial charge in [0.25, 0.3) is 0 Å². The van der Waals surface area contributed by atoms with E-state index in [1.54, 1.807) is 36.1 Å². The Kier molecular flexibility index (Phi) is 7.51. The lowest BCUT2D eigenvalue weighted by Gasteiger charge is -2.38. The van der Waals surface area contributed by atoms with Gasteiger partial charge in [0.1, 0.15) is 16.9 Å². The molecule has 2 aromatic rings. The van der Waals surface area contributed by atoms with E-state index in [1.165, 1.54) is 9.21 Å². The topological polar surface area (TPSA) is 91.6 Å². The van der Waals surface area contributed by atoms with E-state index >= 15 is 8.78 Å². The molecule has 188 valence electrons. The van der Waals surface area contributed by atoms with Crippen LogP contribution in [0.25, 0.3) is 0 Å². The average Bonchev–Trinajstić information content (AvgIpc) is 2.85. The van der Waals surface area contributed by atoms with Gasteiger partial charge in [-0.15, -0.1) is 0 Å². The molecule has 2 N–H and O–H groups in total. The molecule has 2 heterocycles. The number of hydrogen-bond donors (Lipinski definition) is 2. The number of piperidine rings is 1. The first-order valence-corrected chi connectivity index (χ1v) is 13.3. The summed E-state index contributed by atoms with van der Waals surface area (Å²) in [5, 5.41) is 14.1. The fourth-order valence-corrected chi connectivity index (χ4v) is 7.30. The highest BCUT2D eigenvalue weighted by Crippen LogP contribution is 2.38. The van der Waals surface area contributed by atoms with Crippen molar-refractivity contribution in [3.05, 3.63) is 65.2 Å². The van der Waals surface area contributed by atoms with E-state index in [2.05, 4.69) is 0 Å². The van der Waals surface area contributed by atoms with Crippen LogP contribution < -0.4 is 4.90 Å². The fraction of sp³-hybridized carbons (Fsp3) is 0.440. The molecule has 7 nitrogen and oxygen atoms in total. The van der Waals surface area contributed by atoms with Crippen molar-refractivity contribution >= 4 is 28.4 Å². The first-order valence-electron chi connectivity index (χ1n) is 11.8. The largest absolute Gasteiger partial charge is 0.369 e. The Morgan fingerprint density at radius 1 is 1.00 bits per heavy atom. The summed E-state index contributed by atoms with van der Waals surface area (Å²) in [4.78, 5) is 3.26. The zero-order valence-electron chi connectivity index (χ0n) is 19.7. The summed E-state index contributed by atoms with van der Waals surface area (Å²) in [5.74, 6) is -1.22. The van der Waals surface area contributed by atoms with Crippen LogP contribution in [0, 0.1) is 22.5 Å². The minimum Gasteiger partial charge on any atom is -0.369 e. The SMILES string of the molecule is C[C@H]1CC[C@H](c2ccccc2)S(=O)(=O)N1Cc1cc(F)c(N2CCC(N(C=N)C=N)CC2)cc1F. The van der Waals surface area contributed by atoms with E-state index in [-0.39, 0.29) is 29.9 Å². The number of benzene rings is 2. The van der Waals surface area contributed by atoms with E-state index in [9.17, 15) is 8.42 Å². The normalized spacial score (nSPS) is 23.1. The van der Waals surface area contributed by atoms with Gasteiger partial charge in [-0.05, 0) is 44.2 Å². The van der Waals surface area contributed by atoms with Gasteiger partial charge in [-0.3, -0.25) is 10.8 Å². The Labute approximate surface area is 205 Å². The van der Waals surface area contributed by atoms with Crippen LogP contribution in [0.5, 0.6) is 0 Å². The number of anilines is 1. The summed E-state index contributed by atoms with van der Waals surface area (Å²) in [7, 11) is -3.75. The Morgan fingerprint density at radius 3 is 2.29 bits per heavy atom. The van der Waals surface area contributed by atoms with Crippen molar-refractivity contribution in [3.63, 3.8) is 0 Å². The number of halogens is 2. The summed E-state index contributed by atoms with van der Waals surface area (Å²) in [6.07, 6.45) is 4.54. The lowest BCUT2D eigenvalue weighted by atomic mass is 10.0. The first-order chi connectivity index (χ1) is 16.8. The Balaban J connectivity index is 1.53. The van der Waals surface area contributed by atoms with E-state index in [4.69, 9.17) is 10.8 Å². The van der Waals surface area contributed by atoms with Crippen LogP contribution in [0.2, 0.25) is 0 Å². The molecule has 10 heteroatoms. The molecule has 0 aliphatic carbocycles.